The van der Waals surface area contributed by atoms with Gasteiger partial charge in [0.05, 0.1) is 16.1 Å². The summed E-state index contributed by atoms with van der Waals surface area (Å²) in [5.41, 5.74) is 0.493. The molecule has 0 fully saturated rings. The number of nitrogens with zero attached hydrogens (tertiary/aromatic N) is 2. The summed E-state index contributed by atoms with van der Waals surface area (Å²) >= 11 is 3.07. The normalized spacial score (nSPS) is 11.8. The maximum atomic E-state index is 12.2. The number of methoxy groups -OCH3 is 1. The van der Waals surface area contributed by atoms with Crippen LogP contribution in [-0.4, -0.2) is 23.2 Å². The van der Waals surface area contributed by atoms with Crippen molar-refractivity contribution in [3.63, 3.8) is 0 Å². The zero-order valence-corrected chi connectivity index (χ0v) is 11.8. The molecule has 0 radical (unpaired) electrons. The number of amides is 1. The van der Waals surface area contributed by atoms with Crippen LogP contribution in [0, 0.1) is 11.3 Å². The van der Waals surface area contributed by atoms with Crippen LogP contribution in [0.25, 0.3) is 10.8 Å². The number of halogens is 1. The van der Waals surface area contributed by atoms with Crippen LogP contribution in [0.15, 0.2) is 42.5 Å². The predicted molar refractivity (Wildman–Crippen MR) is 75.5 cm³/mol. The molecule has 4 nitrogen and oxygen atoms in total. The Kier molecular flexibility index (Phi) is 4.15. The molecule has 1 amide bonds. The molecule has 0 saturated heterocycles. The zero-order valence-electron chi connectivity index (χ0n) is 10.2. The molecule has 5 heteroatoms. The lowest BCUT2D eigenvalue weighted by atomic mass is 10.1. The highest BCUT2D eigenvalue weighted by molar-refractivity contribution is 9.07. The summed E-state index contributed by atoms with van der Waals surface area (Å²) in [5, 5.41) is 10.9. The number of nitriles is 1. The van der Waals surface area contributed by atoms with E-state index in [1.54, 1.807) is 12.1 Å². The predicted octanol–water partition coefficient (Wildman–Crippen LogP) is 3.09. The van der Waals surface area contributed by atoms with E-state index in [1.165, 1.54) is 7.11 Å². The maximum Gasteiger partial charge on any atom is 0.266 e. The standard InChI is InChI=1S/C14H11BrN2O2/c1-19-13(9-16)17(15)14(18)12-7-6-10-4-2-3-5-11(10)8-12/h2-8,13H,1H3. The molecule has 0 aliphatic heterocycles. The Hall–Kier alpha value is -1.90. The Bertz CT molecular complexity index is 651. The number of hydrogen-bond donors (Lipinski definition) is 0. The van der Waals surface area contributed by atoms with Gasteiger partial charge in [0, 0.05) is 12.7 Å². The third kappa shape index (κ3) is 2.75. The van der Waals surface area contributed by atoms with Gasteiger partial charge in [0.25, 0.3) is 5.91 Å². The van der Waals surface area contributed by atoms with Gasteiger partial charge in [-0.05, 0) is 22.9 Å². The van der Waals surface area contributed by atoms with Gasteiger partial charge in [-0.15, -0.1) is 0 Å². The lowest BCUT2D eigenvalue weighted by molar-refractivity contribution is 0.0495. The number of carbonyl (C=O) groups is 1. The van der Waals surface area contributed by atoms with E-state index < -0.39 is 6.23 Å². The average Bonchev–Trinajstić information content (AvgIpc) is 2.47. The molecular weight excluding hydrogens is 308 g/mol. The first-order chi connectivity index (χ1) is 9.17. The largest absolute Gasteiger partial charge is 0.348 e. The highest BCUT2D eigenvalue weighted by Gasteiger charge is 2.22. The van der Waals surface area contributed by atoms with Gasteiger partial charge in [0.15, 0.2) is 0 Å². The van der Waals surface area contributed by atoms with Gasteiger partial charge in [-0.25, -0.2) is 3.93 Å². The Morgan fingerprint density at radius 1 is 1.32 bits per heavy atom. The number of fused-ring (bicyclic) bond motifs is 1. The average molecular weight is 319 g/mol. The Morgan fingerprint density at radius 2 is 2.00 bits per heavy atom. The molecule has 0 aliphatic rings. The van der Waals surface area contributed by atoms with E-state index in [4.69, 9.17) is 10.00 Å². The second-order valence-electron chi connectivity index (χ2n) is 3.90. The highest BCUT2D eigenvalue weighted by atomic mass is 79.9. The van der Waals surface area contributed by atoms with E-state index in [0.717, 1.165) is 14.7 Å². The molecule has 0 aromatic heterocycles. The minimum Gasteiger partial charge on any atom is -0.348 e. The van der Waals surface area contributed by atoms with Gasteiger partial charge in [-0.1, -0.05) is 30.3 Å². The van der Waals surface area contributed by atoms with Crippen molar-refractivity contribution in [2.24, 2.45) is 0 Å². The SMILES string of the molecule is COC(C#N)N(Br)C(=O)c1ccc2ccccc2c1. The van der Waals surface area contributed by atoms with Crippen molar-refractivity contribution < 1.29 is 9.53 Å². The molecular formula is C14H11BrN2O2. The summed E-state index contributed by atoms with van der Waals surface area (Å²) in [5.74, 6) is -0.320. The van der Waals surface area contributed by atoms with Gasteiger partial charge in [0.1, 0.15) is 6.07 Å². The van der Waals surface area contributed by atoms with Crippen molar-refractivity contribution >= 4 is 32.8 Å². The molecule has 1 unspecified atom stereocenters. The van der Waals surface area contributed by atoms with Gasteiger partial charge in [-0.2, -0.15) is 5.26 Å². The van der Waals surface area contributed by atoms with Crippen LogP contribution < -0.4 is 0 Å². The van der Waals surface area contributed by atoms with Gasteiger partial charge in [-0.3, -0.25) is 4.79 Å². The molecule has 0 aliphatic carbocycles. The van der Waals surface area contributed by atoms with Crippen molar-refractivity contribution in [1.82, 2.24) is 3.93 Å². The fourth-order valence-electron chi connectivity index (χ4n) is 1.75. The zero-order chi connectivity index (χ0) is 13.8. The maximum absolute atomic E-state index is 12.2. The minimum atomic E-state index is -0.959. The quantitative estimate of drug-likeness (QED) is 0.645. The number of benzene rings is 2. The van der Waals surface area contributed by atoms with Crippen molar-refractivity contribution in [3.05, 3.63) is 48.0 Å². The van der Waals surface area contributed by atoms with E-state index in [0.29, 0.717) is 5.56 Å². The lowest BCUT2D eigenvalue weighted by Gasteiger charge is -2.18. The number of carbonyl (C=O) groups excluding carboxylic acids is 1. The van der Waals surface area contributed by atoms with Crippen LogP contribution in [0.4, 0.5) is 0 Å². The summed E-state index contributed by atoms with van der Waals surface area (Å²) in [6.07, 6.45) is -0.959. The third-order valence-corrected chi connectivity index (χ3v) is 3.42. The summed E-state index contributed by atoms with van der Waals surface area (Å²) in [4.78, 5) is 12.2. The first kappa shape index (κ1) is 13.5. The molecule has 1 atom stereocenters. The van der Waals surface area contributed by atoms with E-state index in [1.807, 2.05) is 36.4 Å². The van der Waals surface area contributed by atoms with E-state index in [2.05, 4.69) is 16.1 Å². The molecule has 0 N–H and O–H groups in total. The summed E-state index contributed by atoms with van der Waals surface area (Å²) in [7, 11) is 1.37. The van der Waals surface area contributed by atoms with E-state index >= 15 is 0 Å². The summed E-state index contributed by atoms with van der Waals surface area (Å²) < 4.78 is 5.98. The summed E-state index contributed by atoms with van der Waals surface area (Å²) in [6, 6.07) is 15.0. The fraction of sp³-hybridized carbons (Fsp3) is 0.143. The van der Waals surface area contributed by atoms with Crippen LogP contribution in [-0.2, 0) is 4.74 Å². The summed E-state index contributed by atoms with van der Waals surface area (Å²) in [6.45, 7) is 0. The first-order valence-electron chi connectivity index (χ1n) is 5.58. The second-order valence-corrected chi connectivity index (χ2v) is 4.66. The van der Waals surface area contributed by atoms with Gasteiger partial charge < -0.3 is 4.74 Å². The van der Waals surface area contributed by atoms with E-state index in [-0.39, 0.29) is 5.91 Å². The Morgan fingerprint density at radius 3 is 2.63 bits per heavy atom. The van der Waals surface area contributed by atoms with Crippen LogP contribution >= 0.6 is 16.1 Å². The van der Waals surface area contributed by atoms with E-state index in [9.17, 15) is 4.79 Å². The van der Waals surface area contributed by atoms with Gasteiger partial charge in [0.2, 0.25) is 6.23 Å². The molecule has 2 aromatic rings. The van der Waals surface area contributed by atoms with Crippen LogP contribution in [0.3, 0.4) is 0 Å². The first-order valence-corrected chi connectivity index (χ1v) is 6.29. The van der Waals surface area contributed by atoms with Crippen LogP contribution in [0.1, 0.15) is 10.4 Å². The number of hydrogen-bond acceptors (Lipinski definition) is 3. The van der Waals surface area contributed by atoms with Crippen LogP contribution in [0.2, 0.25) is 0 Å². The van der Waals surface area contributed by atoms with Crippen molar-refractivity contribution in [2.45, 2.75) is 6.23 Å². The topological polar surface area (TPSA) is 53.3 Å². The van der Waals surface area contributed by atoms with Crippen LogP contribution in [0.5, 0.6) is 0 Å². The minimum absolute atomic E-state index is 0.320. The molecule has 0 spiro atoms. The molecule has 2 aromatic carbocycles. The highest BCUT2D eigenvalue weighted by Crippen LogP contribution is 2.19. The van der Waals surface area contributed by atoms with Gasteiger partial charge >= 0.3 is 0 Å². The molecule has 19 heavy (non-hydrogen) atoms. The third-order valence-electron chi connectivity index (χ3n) is 2.73. The Balaban J connectivity index is 2.34. The number of ether oxygens (including phenoxy) is 1. The van der Waals surface area contributed by atoms with Crippen molar-refractivity contribution in [1.29, 1.82) is 5.26 Å². The molecule has 0 bridgehead atoms. The monoisotopic (exact) mass is 318 g/mol. The second kappa shape index (κ2) is 5.83. The van der Waals surface area contributed by atoms with Crippen molar-refractivity contribution in [2.75, 3.05) is 7.11 Å². The van der Waals surface area contributed by atoms with Crippen molar-refractivity contribution in [3.8, 4) is 6.07 Å². The molecule has 96 valence electrons. The smallest absolute Gasteiger partial charge is 0.266 e. The molecule has 0 heterocycles. The molecule has 0 saturated carbocycles. The molecule has 2 rings (SSSR count). The lowest BCUT2D eigenvalue weighted by Crippen LogP contribution is -2.32. The fourth-order valence-corrected chi connectivity index (χ4v) is 2.21. The number of rotatable bonds is 3. The Labute approximate surface area is 119 Å².